The zero-order valence-electron chi connectivity index (χ0n) is 11.1. The first-order chi connectivity index (χ1) is 8.83. The molecule has 0 unspecified atom stereocenters. The van der Waals surface area contributed by atoms with Crippen molar-refractivity contribution in [2.75, 3.05) is 20.3 Å². The van der Waals surface area contributed by atoms with Crippen molar-refractivity contribution < 1.29 is 9.26 Å². The van der Waals surface area contributed by atoms with E-state index in [9.17, 15) is 0 Å². The number of hydrogen-bond acceptors (Lipinski definition) is 5. The summed E-state index contributed by atoms with van der Waals surface area (Å²) in [6.07, 6.45) is 6.39. The van der Waals surface area contributed by atoms with Crippen LogP contribution in [-0.4, -0.2) is 30.4 Å². The van der Waals surface area contributed by atoms with Crippen molar-refractivity contribution >= 4 is 0 Å². The van der Waals surface area contributed by atoms with E-state index in [1.165, 1.54) is 12.8 Å². The van der Waals surface area contributed by atoms with Gasteiger partial charge in [0, 0.05) is 26.1 Å². The van der Waals surface area contributed by atoms with Crippen LogP contribution in [0, 0.1) is 5.92 Å². The van der Waals surface area contributed by atoms with E-state index in [1.807, 2.05) is 0 Å². The molecule has 1 saturated carbocycles. The van der Waals surface area contributed by atoms with Crippen LogP contribution in [0.25, 0.3) is 0 Å². The zero-order valence-corrected chi connectivity index (χ0v) is 11.1. The number of aryl methyl sites for hydroxylation is 1. The van der Waals surface area contributed by atoms with Crippen molar-refractivity contribution in [1.29, 1.82) is 0 Å². The molecule has 1 heterocycles. The van der Waals surface area contributed by atoms with Gasteiger partial charge >= 0.3 is 0 Å². The van der Waals surface area contributed by atoms with Crippen LogP contribution in [0.15, 0.2) is 4.52 Å². The minimum atomic E-state index is 0.441. The molecular formula is C13H23N3O2. The van der Waals surface area contributed by atoms with Crippen molar-refractivity contribution in [3.05, 3.63) is 11.7 Å². The maximum atomic E-state index is 5.70. The molecule has 0 spiro atoms. The van der Waals surface area contributed by atoms with Gasteiger partial charge in [-0.05, 0) is 44.6 Å². The van der Waals surface area contributed by atoms with Gasteiger partial charge in [-0.15, -0.1) is 0 Å². The molecule has 1 aliphatic carbocycles. The molecule has 18 heavy (non-hydrogen) atoms. The summed E-state index contributed by atoms with van der Waals surface area (Å²) in [5, 5.41) is 4.04. The van der Waals surface area contributed by atoms with Gasteiger partial charge in [-0.25, -0.2) is 0 Å². The Morgan fingerprint density at radius 3 is 2.78 bits per heavy atom. The third-order valence-electron chi connectivity index (χ3n) is 3.76. The fourth-order valence-electron chi connectivity index (χ4n) is 2.55. The second-order valence-electron chi connectivity index (χ2n) is 5.10. The Kier molecular flexibility index (Phi) is 5.13. The van der Waals surface area contributed by atoms with Crippen LogP contribution in [0.5, 0.6) is 0 Å². The van der Waals surface area contributed by atoms with Crippen LogP contribution in [0.1, 0.15) is 49.7 Å². The highest BCUT2D eigenvalue weighted by Crippen LogP contribution is 2.34. The van der Waals surface area contributed by atoms with Gasteiger partial charge in [-0.1, -0.05) is 5.16 Å². The standard InChI is InChI=1S/C13H23N3O2/c1-17-8-2-3-12-15-13(18-16-12)11-6-4-10(9-14)5-7-11/h10-11H,2-9,14H2,1H3. The number of rotatable bonds is 6. The molecule has 0 saturated heterocycles. The van der Waals surface area contributed by atoms with E-state index in [4.69, 9.17) is 15.0 Å². The highest BCUT2D eigenvalue weighted by atomic mass is 16.5. The van der Waals surface area contributed by atoms with Gasteiger partial charge in [-0.3, -0.25) is 0 Å². The molecule has 2 rings (SSSR count). The SMILES string of the molecule is COCCCc1noc(C2CCC(CN)CC2)n1. The normalized spacial score (nSPS) is 24.3. The summed E-state index contributed by atoms with van der Waals surface area (Å²) < 4.78 is 10.4. The molecule has 0 radical (unpaired) electrons. The largest absolute Gasteiger partial charge is 0.385 e. The summed E-state index contributed by atoms with van der Waals surface area (Å²) >= 11 is 0. The highest BCUT2D eigenvalue weighted by molar-refractivity contribution is 4.96. The van der Waals surface area contributed by atoms with Crippen molar-refractivity contribution in [3.8, 4) is 0 Å². The predicted octanol–water partition coefficient (Wildman–Crippen LogP) is 1.88. The Balaban J connectivity index is 1.82. The van der Waals surface area contributed by atoms with Crippen LogP contribution in [0.3, 0.4) is 0 Å². The molecule has 0 bridgehead atoms. The summed E-state index contributed by atoms with van der Waals surface area (Å²) in [6.45, 7) is 1.55. The third-order valence-corrected chi connectivity index (χ3v) is 3.76. The van der Waals surface area contributed by atoms with Crippen molar-refractivity contribution in [2.45, 2.75) is 44.4 Å². The maximum absolute atomic E-state index is 5.70. The van der Waals surface area contributed by atoms with Gasteiger partial charge in [0.05, 0.1) is 0 Å². The molecule has 0 atom stereocenters. The molecule has 1 aliphatic rings. The molecule has 5 nitrogen and oxygen atoms in total. The average Bonchev–Trinajstić information content (AvgIpc) is 2.88. The summed E-state index contributed by atoms with van der Waals surface area (Å²) in [7, 11) is 1.71. The quantitative estimate of drug-likeness (QED) is 0.783. The lowest BCUT2D eigenvalue weighted by Gasteiger charge is -2.24. The Morgan fingerprint density at radius 1 is 1.33 bits per heavy atom. The van der Waals surface area contributed by atoms with E-state index in [0.29, 0.717) is 11.8 Å². The number of nitrogens with zero attached hydrogens (tertiary/aromatic N) is 2. The van der Waals surface area contributed by atoms with E-state index in [2.05, 4.69) is 10.1 Å². The fourth-order valence-corrected chi connectivity index (χ4v) is 2.55. The fraction of sp³-hybridized carbons (Fsp3) is 0.846. The second-order valence-corrected chi connectivity index (χ2v) is 5.10. The van der Waals surface area contributed by atoms with E-state index in [1.54, 1.807) is 7.11 Å². The van der Waals surface area contributed by atoms with E-state index in [-0.39, 0.29) is 0 Å². The minimum Gasteiger partial charge on any atom is -0.385 e. The monoisotopic (exact) mass is 253 g/mol. The van der Waals surface area contributed by atoms with Crippen molar-refractivity contribution in [1.82, 2.24) is 10.1 Å². The average molecular weight is 253 g/mol. The van der Waals surface area contributed by atoms with Crippen LogP contribution in [-0.2, 0) is 11.2 Å². The van der Waals surface area contributed by atoms with Gasteiger partial charge < -0.3 is 15.0 Å². The number of hydrogen-bond donors (Lipinski definition) is 1. The summed E-state index contributed by atoms with van der Waals surface area (Å²) in [6, 6.07) is 0. The molecule has 0 aromatic carbocycles. The summed E-state index contributed by atoms with van der Waals surface area (Å²) in [5.41, 5.74) is 5.70. The molecule has 1 aromatic heterocycles. The summed E-state index contributed by atoms with van der Waals surface area (Å²) in [4.78, 5) is 4.49. The van der Waals surface area contributed by atoms with Crippen LogP contribution in [0.2, 0.25) is 0 Å². The molecule has 1 fully saturated rings. The first kappa shape index (κ1) is 13.5. The van der Waals surface area contributed by atoms with Gasteiger partial charge in [0.15, 0.2) is 5.82 Å². The summed E-state index contributed by atoms with van der Waals surface area (Å²) in [5.74, 6) is 2.75. The first-order valence-corrected chi connectivity index (χ1v) is 6.85. The third kappa shape index (κ3) is 3.53. The molecule has 5 heteroatoms. The maximum Gasteiger partial charge on any atom is 0.229 e. The lowest BCUT2D eigenvalue weighted by molar-refractivity contribution is 0.194. The molecule has 102 valence electrons. The Bertz CT molecular complexity index is 346. The molecule has 0 amide bonds. The van der Waals surface area contributed by atoms with Gasteiger partial charge in [0.2, 0.25) is 5.89 Å². The predicted molar refractivity (Wildman–Crippen MR) is 68.2 cm³/mol. The lowest BCUT2D eigenvalue weighted by atomic mass is 9.82. The van der Waals surface area contributed by atoms with E-state index in [0.717, 1.165) is 50.6 Å². The van der Waals surface area contributed by atoms with Crippen LogP contribution < -0.4 is 5.73 Å². The first-order valence-electron chi connectivity index (χ1n) is 6.85. The van der Waals surface area contributed by atoms with Gasteiger partial charge in [0.25, 0.3) is 0 Å². The molecule has 1 aromatic rings. The topological polar surface area (TPSA) is 74.2 Å². The second kappa shape index (κ2) is 6.85. The minimum absolute atomic E-state index is 0.441. The Morgan fingerprint density at radius 2 is 2.11 bits per heavy atom. The van der Waals surface area contributed by atoms with Crippen molar-refractivity contribution in [2.24, 2.45) is 11.7 Å². The number of ether oxygens (including phenoxy) is 1. The van der Waals surface area contributed by atoms with E-state index < -0.39 is 0 Å². The van der Waals surface area contributed by atoms with E-state index >= 15 is 0 Å². The molecule has 0 aliphatic heterocycles. The van der Waals surface area contributed by atoms with Crippen LogP contribution >= 0.6 is 0 Å². The Labute approximate surface area is 108 Å². The van der Waals surface area contributed by atoms with Crippen molar-refractivity contribution in [3.63, 3.8) is 0 Å². The Hall–Kier alpha value is -0.940. The number of aromatic nitrogens is 2. The van der Waals surface area contributed by atoms with Gasteiger partial charge in [-0.2, -0.15) is 4.98 Å². The van der Waals surface area contributed by atoms with Crippen LogP contribution in [0.4, 0.5) is 0 Å². The lowest BCUT2D eigenvalue weighted by Crippen LogP contribution is -2.20. The van der Waals surface area contributed by atoms with Gasteiger partial charge in [0.1, 0.15) is 0 Å². The molecule has 2 N–H and O–H groups in total. The number of nitrogens with two attached hydrogens (primary N) is 1. The molecular weight excluding hydrogens is 230 g/mol. The zero-order chi connectivity index (χ0) is 12.8. The smallest absolute Gasteiger partial charge is 0.229 e. The highest BCUT2D eigenvalue weighted by Gasteiger charge is 2.25. The number of methoxy groups -OCH3 is 1.